The monoisotopic (exact) mass is 564 g/mol. The maximum Gasteiger partial charge on any atom is 0.336 e. The summed E-state index contributed by atoms with van der Waals surface area (Å²) in [5, 5.41) is 16.2. The van der Waals surface area contributed by atoms with Crippen LogP contribution in [0.4, 0.5) is 0 Å². The molecule has 1 heterocycles. The van der Waals surface area contributed by atoms with Crippen molar-refractivity contribution in [2.24, 2.45) is 0 Å². The molecule has 0 spiro atoms. The molecule has 0 saturated carbocycles. The lowest BCUT2D eigenvalue weighted by atomic mass is 9.80. The normalized spacial score (nSPS) is 13.9. The molecule has 0 amide bonds. The molecule has 1 aliphatic rings. The number of ether oxygens (including phenoxy) is 5. The predicted octanol–water partition coefficient (Wildman–Crippen LogP) is 2.69. The molecule has 10 heteroatoms. The maximum absolute atomic E-state index is 12.9. The van der Waals surface area contributed by atoms with E-state index < -0.39 is 24.0 Å². The van der Waals surface area contributed by atoms with Crippen LogP contribution in [-0.4, -0.2) is 70.8 Å². The van der Waals surface area contributed by atoms with E-state index in [1.165, 1.54) is 21.3 Å². The van der Waals surface area contributed by atoms with Crippen molar-refractivity contribution in [2.75, 3.05) is 47.6 Å². The lowest BCUT2D eigenvalue weighted by molar-refractivity contribution is -0.137. The smallest absolute Gasteiger partial charge is 0.336 e. The van der Waals surface area contributed by atoms with Crippen LogP contribution in [0.15, 0.2) is 71.1 Å². The van der Waals surface area contributed by atoms with Crippen LogP contribution in [0, 0.1) is 11.8 Å². The quantitative estimate of drug-likeness (QED) is 0.201. The number of para-hydroxylation sites is 1. The number of hydrogen-bond donors (Lipinski definition) is 3. The number of rotatable bonds is 12. The van der Waals surface area contributed by atoms with Crippen molar-refractivity contribution in [2.45, 2.75) is 25.9 Å². The first-order valence-corrected chi connectivity index (χ1v) is 13.0. The summed E-state index contributed by atoms with van der Waals surface area (Å²) in [6.07, 6.45) is -0.693. The van der Waals surface area contributed by atoms with Crippen molar-refractivity contribution >= 4 is 11.9 Å². The summed E-state index contributed by atoms with van der Waals surface area (Å²) >= 11 is 0. The third-order valence-electron chi connectivity index (χ3n) is 6.30. The van der Waals surface area contributed by atoms with Gasteiger partial charge in [0, 0.05) is 23.5 Å². The van der Waals surface area contributed by atoms with Gasteiger partial charge in [-0.3, -0.25) is 0 Å². The van der Waals surface area contributed by atoms with E-state index in [0.717, 1.165) is 0 Å². The first-order valence-electron chi connectivity index (χ1n) is 13.0. The number of dihydropyridines is 1. The Balaban J connectivity index is 1.71. The van der Waals surface area contributed by atoms with Crippen LogP contribution in [0.3, 0.4) is 0 Å². The largest absolute Gasteiger partial charge is 0.497 e. The summed E-state index contributed by atoms with van der Waals surface area (Å²) in [7, 11) is 4.09. The molecule has 10 nitrogen and oxygen atoms in total. The Bertz CT molecular complexity index is 1300. The molecule has 3 rings (SSSR count). The first kappa shape index (κ1) is 31.1. The molecule has 0 unspecified atom stereocenters. The van der Waals surface area contributed by atoms with Crippen LogP contribution in [0.2, 0.25) is 0 Å². The molecule has 0 aliphatic carbocycles. The number of benzene rings is 2. The number of carbonyl (C=O) groups excluding carboxylic acids is 2. The number of esters is 2. The van der Waals surface area contributed by atoms with Crippen molar-refractivity contribution in [3.8, 4) is 29.1 Å². The zero-order valence-electron chi connectivity index (χ0n) is 23.9. The van der Waals surface area contributed by atoms with Gasteiger partial charge in [-0.1, -0.05) is 30.0 Å². The van der Waals surface area contributed by atoms with E-state index in [1.54, 1.807) is 32.0 Å². The number of carbonyl (C=O) groups is 2. The van der Waals surface area contributed by atoms with E-state index in [-0.39, 0.29) is 24.4 Å². The maximum atomic E-state index is 12.9. The lowest BCUT2D eigenvalue weighted by Crippen LogP contribution is -2.32. The fraction of sp³-hybridized carbons (Fsp3) is 0.355. The van der Waals surface area contributed by atoms with Crippen LogP contribution >= 0.6 is 0 Å². The molecule has 1 aliphatic heterocycles. The average molecular weight is 565 g/mol. The Morgan fingerprint density at radius 1 is 0.927 bits per heavy atom. The van der Waals surface area contributed by atoms with E-state index in [0.29, 0.717) is 47.3 Å². The predicted molar refractivity (Wildman–Crippen MR) is 152 cm³/mol. The highest BCUT2D eigenvalue weighted by atomic mass is 16.5. The number of hydrogen-bond acceptors (Lipinski definition) is 10. The van der Waals surface area contributed by atoms with Gasteiger partial charge in [-0.05, 0) is 44.2 Å². The summed E-state index contributed by atoms with van der Waals surface area (Å²) < 4.78 is 27.1. The van der Waals surface area contributed by atoms with Crippen LogP contribution < -0.4 is 24.8 Å². The Labute approximate surface area is 240 Å². The topological polar surface area (TPSA) is 125 Å². The van der Waals surface area contributed by atoms with Gasteiger partial charge in [-0.25, -0.2) is 9.59 Å². The minimum atomic E-state index is -0.838. The van der Waals surface area contributed by atoms with Crippen LogP contribution in [0.25, 0.3) is 0 Å². The highest BCUT2D eigenvalue weighted by molar-refractivity contribution is 6.00. The van der Waals surface area contributed by atoms with Gasteiger partial charge in [0.2, 0.25) is 0 Å². The number of methoxy groups -OCH3 is 3. The van der Waals surface area contributed by atoms with Gasteiger partial charge in [-0.15, -0.1) is 0 Å². The minimum Gasteiger partial charge on any atom is -0.497 e. The van der Waals surface area contributed by atoms with Crippen LogP contribution in [-0.2, 0) is 19.1 Å². The molecular weight excluding hydrogens is 528 g/mol. The van der Waals surface area contributed by atoms with Gasteiger partial charge in [0.1, 0.15) is 36.6 Å². The molecule has 1 atom stereocenters. The van der Waals surface area contributed by atoms with Crippen molar-refractivity contribution in [1.82, 2.24) is 10.6 Å². The van der Waals surface area contributed by atoms with Crippen molar-refractivity contribution in [3.05, 3.63) is 76.6 Å². The van der Waals surface area contributed by atoms with Crippen molar-refractivity contribution < 1.29 is 38.4 Å². The molecule has 0 radical (unpaired) electrons. The van der Waals surface area contributed by atoms with E-state index in [1.807, 2.05) is 30.3 Å². The van der Waals surface area contributed by atoms with E-state index in [2.05, 4.69) is 22.5 Å². The van der Waals surface area contributed by atoms with E-state index in [9.17, 15) is 14.7 Å². The molecule has 0 fully saturated rings. The second-order valence-electron chi connectivity index (χ2n) is 9.07. The average Bonchev–Trinajstić information content (AvgIpc) is 2.99. The first-order chi connectivity index (χ1) is 19.8. The molecule has 0 aromatic heterocycles. The summed E-state index contributed by atoms with van der Waals surface area (Å²) in [4.78, 5) is 25.8. The summed E-state index contributed by atoms with van der Waals surface area (Å²) in [6.45, 7) is 4.32. The Kier molecular flexibility index (Phi) is 11.6. The molecule has 2 aromatic rings. The van der Waals surface area contributed by atoms with Crippen molar-refractivity contribution in [3.63, 3.8) is 0 Å². The van der Waals surface area contributed by atoms with Gasteiger partial charge in [-0.2, -0.15) is 0 Å². The van der Waals surface area contributed by atoms with Gasteiger partial charge in [0.25, 0.3) is 0 Å². The summed E-state index contributed by atoms with van der Waals surface area (Å²) in [5.74, 6) is 5.49. The molecule has 2 aromatic carbocycles. The fourth-order valence-electron chi connectivity index (χ4n) is 4.37. The summed E-state index contributed by atoms with van der Waals surface area (Å²) in [6, 6.07) is 14.4. The number of allylic oxidation sites excluding steroid dienone is 2. The molecular formula is C31H36N2O8. The van der Waals surface area contributed by atoms with Gasteiger partial charge < -0.3 is 39.4 Å². The van der Waals surface area contributed by atoms with E-state index >= 15 is 0 Å². The van der Waals surface area contributed by atoms with E-state index in [4.69, 9.17) is 23.7 Å². The fourth-order valence-corrected chi connectivity index (χ4v) is 4.37. The molecule has 41 heavy (non-hydrogen) atoms. The third-order valence-corrected chi connectivity index (χ3v) is 6.30. The second kappa shape index (κ2) is 15.4. The van der Waals surface area contributed by atoms with Crippen LogP contribution in [0.5, 0.6) is 17.2 Å². The van der Waals surface area contributed by atoms with Crippen LogP contribution in [0.1, 0.15) is 25.3 Å². The highest BCUT2D eigenvalue weighted by Gasteiger charge is 2.39. The second-order valence-corrected chi connectivity index (χ2v) is 9.07. The summed E-state index contributed by atoms with van der Waals surface area (Å²) in [5.41, 5.74) is 2.11. The molecule has 3 N–H and O–H groups in total. The molecule has 0 saturated heterocycles. The standard InChI is InChI=1S/C31H36N2O8/c1-20-27(30(35)38-4)29(28(21(2)33-20)31(36)39-5)25-17-24(37-3)13-14-26(25)40-16-10-9-15-32-18-22(34)19-41-23-11-7-6-8-12-23/h6-8,11-14,17,22,29,32-34H,15-16,18-19H2,1-5H3/t22-/m0/s1. The SMILES string of the molecule is COC(=O)C1=C(C)NC(C)=C(C(=O)OC)C1c1cc(OC)ccc1OCC#CCNC[C@H](O)COc1ccccc1. The minimum absolute atomic E-state index is 0.0398. The van der Waals surface area contributed by atoms with Gasteiger partial charge >= 0.3 is 11.9 Å². The van der Waals surface area contributed by atoms with Crippen molar-refractivity contribution in [1.29, 1.82) is 0 Å². The zero-order chi connectivity index (χ0) is 29.8. The number of aliphatic hydroxyl groups is 1. The number of aliphatic hydroxyl groups excluding tert-OH is 1. The Morgan fingerprint density at radius 2 is 1.59 bits per heavy atom. The third kappa shape index (κ3) is 8.27. The Hall–Kier alpha value is -4.46. The lowest BCUT2D eigenvalue weighted by Gasteiger charge is -2.31. The highest BCUT2D eigenvalue weighted by Crippen LogP contribution is 2.44. The van der Waals surface area contributed by atoms with Gasteiger partial charge in [0.05, 0.1) is 44.9 Å². The van der Waals surface area contributed by atoms with Gasteiger partial charge in [0.15, 0.2) is 0 Å². The molecule has 0 bridgehead atoms. The zero-order valence-corrected chi connectivity index (χ0v) is 23.9. The Morgan fingerprint density at radius 3 is 2.20 bits per heavy atom. The molecule has 218 valence electrons. The number of nitrogens with one attached hydrogen (secondary N) is 2.